The number of hydrogen-bond donors (Lipinski definition) is 1. The van der Waals surface area contributed by atoms with E-state index >= 15 is 0 Å². The second-order valence-corrected chi connectivity index (χ2v) is 11.4. The van der Waals surface area contributed by atoms with Gasteiger partial charge in [0, 0.05) is 24.4 Å². The number of carbonyl (C=O) groups is 2. The molecule has 5 rings (SSSR count). The van der Waals surface area contributed by atoms with Gasteiger partial charge in [-0.15, -0.1) is 0 Å². The number of carbonyl (C=O) groups excluding carboxylic acids is 2. The zero-order chi connectivity index (χ0) is 22.7. The van der Waals surface area contributed by atoms with Crippen LogP contribution in [0.15, 0.2) is 35.7 Å². The molecule has 3 aliphatic carbocycles. The molecule has 32 heavy (non-hydrogen) atoms. The number of piperidine rings is 1. The highest BCUT2D eigenvalue weighted by Crippen LogP contribution is 2.65. The maximum Gasteiger partial charge on any atom is 0.239 e. The first kappa shape index (κ1) is 21.7. The van der Waals surface area contributed by atoms with Gasteiger partial charge in [0.15, 0.2) is 0 Å². The van der Waals surface area contributed by atoms with Gasteiger partial charge in [-0.2, -0.15) is 0 Å². The Morgan fingerprint density at radius 3 is 2.78 bits per heavy atom. The van der Waals surface area contributed by atoms with Crippen molar-refractivity contribution in [3.63, 3.8) is 0 Å². The molecule has 1 aromatic rings. The van der Waals surface area contributed by atoms with Crippen molar-refractivity contribution in [3.8, 4) is 0 Å². The molecule has 1 aliphatic heterocycles. The van der Waals surface area contributed by atoms with Crippen molar-refractivity contribution in [1.82, 2.24) is 15.2 Å². The minimum absolute atomic E-state index is 0.0599. The van der Waals surface area contributed by atoms with Gasteiger partial charge in [0.25, 0.3) is 0 Å². The third kappa shape index (κ3) is 3.22. The van der Waals surface area contributed by atoms with E-state index < -0.39 is 5.92 Å². The van der Waals surface area contributed by atoms with Crippen LogP contribution in [0.2, 0.25) is 0 Å². The lowest BCUT2D eigenvalue weighted by Gasteiger charge is -2.59. The quantitative estimate of drug-likeness (QED) is 0.701. The SMILES string of the molecule is CC1=C2N(C)C(=O)C(C(=O)NCc3ccccn3)C[C@]2(C)[C@@H]2CC[C@]3(C)CCC[C@H]3[C@@H]2C1. The molecule has 1 saturated heterocycles. The summed E-state index contributed by atoms with van der Waals surface area (Å²) in [5, 5.41) is 2.99. The minimum atomic E-state index is -0.624. The van der Waals surface area contributed by atoms with Crippen LogP contribution >= 0.6 is 0 Å². The number of aromatic nitrogens is 1. The first-order valence-electron chi connectivity index (χ1n) is 12.4. The fourth-order valence-corrected chi connectivity index (χ4v) is 8.25. The number of amides is 2. The van der Waals surface area contributed by atoms with Crippen LogP contribution < -0.4 is 5.32 Å². The Morgan fingerprint density at radius 1 is 1.22 bits per heavy atom. The van der Waals surface area contributed by atoms with Crippen LogP contribution in [-0.2, 0) is 16.1 Å². The first-order valence-corrected chi connectivity index (χ1v) is 12.4. The Balaban J connectivity index is 1.43. The van der Waals surface area contributed by atoms with Gasteiger partial charge in [-0.1, -0.05) is 31.9 Å². The fourth-order valence-electron chi connectivity index (χ4n) is 8.25. The average Bonchev–Trinajstić information content (AvgIpc) is 3.17. The highest BCUT2D eigenvalue weighted by Gasteiger charge is 2.59. The van der Waals surface area contributed by atoms with E-state index in [0.717, 1.165) is 18.0 Å². The summed E-state index contributed by atoms with van der Waals surface area (Å²) in [6.07, 6.45) is 10.0. The van der Waals surface area contributed by atoms with Gasteiger partial charge in [0.2, 0.25) is 11.8 Å². The van der Waals surface area contributed by atoms with Crippen molar-refractivity contribution in [1.29, 1.82) is 0 Å². The Kier molecular flexibility index (Phi) is 5.22. The number of likely N-dealkylation sites (tertiary alicyclic amines) is 1. The summed E-state index contributed by atoms with van der Waals surface area (Å²) >= 11 is 0. The molecule has 2 amide bonds. The average molecular weight is 436 g/mol. The molecule has 0 aromatic carbocycles. The molecule has 2 saturated carbocycles. The number of nitrogens with zero attached hydrogens (tertiary/aromatic N) is 2. The van der Waals surface area contributed by atoms with Crippen molar-refractivity contribution < 1.29 is 9.59 Å². The Hall–Kier alpha value is -2.17. The van der Waals surface area contributed by atoms with E-state index in [0.29, 0.717) is 30.2 Å². The maximum absolute atomic E-state index is 13.3. The fraction of sp³-hybridized carbons (Fsp3) is 0.667. The highest BCUT2D eigenvalue weighted by molar-refractivity contribution is 6.01. The van der Waals surface area contributed by atoms with Crippen molar-refractivity contribution in [3.05, 3.63) is 41.4 Å². The zero-order valence-corrected chi connectivity index (χ0v) is 20.0. The van der Waals surface area contributed by atoms with Crippen molar-refractivity contribution in [2.75, 3.05) is 7.05 Å². The van der Waals surface area contributed by atoms with E-state index in [9.17, 15) is 9.59 Å². The summed E-state index contributed by atoms with van der Waals surface area (Å²) < 4.78 is 0. The summed E-state index contributed by atoms with van der Waals surface area (Å²) in [6.45, 7) is 7.46. The smallest absolute Gasteiger partial charge is 0.239 e. The lowest BCUT2D eigenvalue weighted by atomic mass is 9.48. The van der Waals surface area contributed by atoms with Crippen LogP contribution in [0.5, 0.6) is 0 Å². The molecule has 0 spiro atoms. The molecule has 5 heteroatoms. The normalized spacial score (nSPS) is 38.8. The van der Waals surface area contributed by atoms with Gasteiger partial charge in [0.05, 0.1) is 12.2 Å². The number of allylic oxidation sites excluding steroid dienone is 2. The molecule has 1 aromatic heterocycles. The predicted octanol–water partition coefficient (Wildman–Crippen LogP) is 4.69. The molecule has 0 bridgehead atoms. The Labute approximate surface area is 192 Å². The molecule has 6 atom stereocenters. The van der Waals surface area contributed by atoms with E-state index in [1.165, 1.54) is 43.4 Å². The van der Waals surface area contributed by atoms with E-state index in [2.05, 4.69) is 31.1 Å². The number of hydrogen-bond acceptors (Lipinski definition) is 3. The third-order valence-electron chi connectivity index (χ3n) is 9.60. The van der Waals surface area contributed by atoms with Gasteiger partial charge in [-0.25, -0.2) is 0 Å². The highest BCUT2D eigenvalue weighted by atomic mass is 16.2. The van der Waals surface area contributed by atoms with Gasteiger partial charge in [-0.3, -0.25) is 14.6 Å². The van der Waals surface area contributed by atoms with E-state index in [4.69, 9.17) is 0 Å². The maximum atomic E-state index is 13.3. The molecule has 5 nitrogen and oxygen atoms in total. The van der Waals surface area contributed by atoms with Gasteiger partial charge in [-0.05, 0) is 80.8 Å². The topological polar surface area (TPSA) is 62.3 Å². The van der Waals surface area contributed by atoms with Crippen molar-refractivity contribution >= 4 is 11.8 Å². The van der Waals surface area contributed by atoms with Gasteiger partial charge >= 0.3 is 0 Å². The van der Waals surface area contributed by atoms with Gasteiger partial charge < -0.3 is 10.2 Å². The number of nitrogens with one attached hydrogen (secondary N) is 1. The molecule has 172 valence electrons. The largest absolute Gasteiger partial charge is 0.350 e. The van der Waals surface area contributed by atoms with Crippen molar-refractivity contribution in [2.24, 2.45) is 34.5 Å². The summed E-state index contributed by atoms with van der Waals surface area (Å²) in [4.78, 5) is 32.7. The van der Waals surface area contributed by atoms with Crippen LogP contribution in [0, 0.1) is 34.5 Å². The second-order valence-electron chi connectivity index (χ2n) is 11.4. The van der Waals surface area contributed by atoms with E-state index in [1.807, 2.05) is 30.1 Å². The van der Waals surface area contributed by atoms with Crippen LogP contribution in [0.1, 0.15) is 71.4 Å². The standard InChI is InChI=1S/C27H37N3O2/c1-17-14-19-21-9-7-11-26(21,2)12-10-22(19)27(3)15-20(25(32)30(4)23(17)27)24(31)29-16-18-8-5-6-13-28-18/h5-6,8,13,19-22H,7,9-12,14-16H2,1-4H3,(H,29,31)/t19-,20?,21-,22+,26-,27+/m0/s1. The second kappa shape index (κ2) is 7.71. The summed E-state index contributed by atoms with van der Waals surface area (Å²) in [5.41, 5.74) is 3.76. The van der Waals surface area contributed by atoms with Crippen LogP contribution in [0.3, 0.4) is 0 Å². The molecular weight excluding hydrogens is 398 g/mol. The number of fused-ring (bicyclic) bond motifs is 5. The molecule has 1 N–H and O–H groups in total. The third-order valence-corrected chi connectivity index (χ3v) is 9.60. The molecular formula is C27H37N3O2. The molecule has 2 heterocycles. The predicted molar refractivity (Wildman–Crippen MR) is 124 cm³/mol. The minimum Gasteiger partial charge on any atom is -0.350 e. The number of pyridine rings is 1. The van der Waals surface area contributed by atoms with Crippen LogP contribution in [0.4, 0.5) is 0 Å². The molecule has 1 unspecified atom stereocenters. The molecule has 3 fully saturated rings. The van der Waals surface area contributed by atoms with Crippen LogP contribution in [0.25, 0.3) is 0 Å². The Bertz CT molecular complexity index is 957. The Morgan fingerprint density at radius 2 is 2.03 bits per heavy atom. The number of rotatable bonds is 3. The van der Waals surface area contributed by atoms with Crippen LogP contribution in [-0.4, -0.2) is 28.7 Å². The van der Waals surface area contributed by atoms with Gasteiger partial charge in [0.1, 0.15) is 5.92 Å². The zero-order valence-electron chi connectivity index (χ0n) is 20.0. The lowest BCUT2D eigenvalue weighted by molar-refractivity contribution is -0.149. The monoisotopic (exact) mass is 435 g/mol. The summed E-state index contributed by atoms with van der Waals surface area (Å²) in [6, 6.07) is 5.67. The van der Waals surface area contributed by atoms with E-state index in [1.54, 1.807) is 6.20 Å². The first-order chi connectivity index (χ1) is 15.2. The summed E-state index contributed by atoms with van der Waals surface area (Å²) in [5.74, 6) is 1.18. The van der Waals surface area contributed by atoms with E-state index in [-0.39, 0.29) is 17.2 Å². The molecule has 4 aliphatic rings. The lowest BCUT2D eigenvalue weighted by Crippen LogP contribution is -2.58. The van der Waals surface area contributed by atoms with Crippen molar-refractivity contribution in [2.45, 2.75) is 72.3 Å². The summed E-state index contributed by atoms with van der Waals surface area (Å²) in [7, 11) is 1.89. The molecule has 0 radical (unpaired) electrons.